The van der Waals surface area contributed by atoms with Gasteiger partial charge >= 0.3 is 0 Å². The van der Waals surface area contributed by atoms with E-state index in [4.69, 9.17) is 9.84 Å². The first kappa shape index (κ1) is 7.03. The van der Waals surface area contributed by atoms with Crippen molar-refractivity contribution < 1.29 is 9.84 Å². The fourth-order valence-electron chi connectivity index (χ4n) is 0.999. The highest BCUT2D eigenvalue weighted by Crippen LogP contribution is 2.25. The van der Waals surface area contributed by atoms with Gasteiger partial charge in [0.1, 0.15) is 6.10 Å². The van der Waals surface area contributed by atoms with Crippen LogP contribution in [-0.2, 0) is 4.74 Å². The molecule has 0 aromatic heterocycles. The van der Waals surface area contributed by atoms with Gasteiger partial charge in [-0.1, -0.05) is 19.8 Å². The Morgan fingerprint density at radius 1 is 1.44 bits per heavy atom. The average Bonchev–Trinajstić information content (AvgIpc) is 2.62. The Balaban J connectivity index is 1.92. The second kappa shape index (κ2) is 3.18. The Kier molecular flexibility index (Phi) is 2.49. The van der Waals surface area contributed by atoms with Gasteiger partial charge in [-0.3, -0.25) is 0 Å². The monoisotopic (exact) mass is 130 g/mol. The molecule has 0 amide bonds. The number of aliphatic hydroxyl groups excluding tert-OH is 1. The van der Waals surface area contributed by atoms with Crippen LogP contribution in [0.1, 0.15) is 26.2 Å². The number of aliphatic hydroxyl groups is 1. The van der Waals surface area contributed by atoms with Crippen LogP contribution in [-0.4, -0.2) is 23.9 Å². The molecule has 0 saturated carbocycles. The molecular formula is C7H14O2. The molecule has 2 nitrogen and oxygen atoms in total. The van der Waals surface area contributed by atoms with Gasteiger partial charge in [0.25, 0.3) is 0 Å². The smallest absolute Gasteiger partial charge is 0.107 e. The van der Waals surface area contributed by atoms with E-state index in [9.17, 15) is 0 Å². The fraction of sp³-hybridized carbons (Fsp3) is 1.00. The van der Waals surface area contributed by atoms with Crippen molar-refractivity contribution in [2.75, 3.05) is 6.61 Å². The lowest BCUT2D eigenvalue weighted by Crippen LogP contribution is -1.98. The predicted molar refractivity (Wildman–Crippen MR) is 35.3 cm³/mol. The minimum absolute atomic E-state index is 0.177. The molecule has 54 valence electrons. The standard InChI is InChI=1S/C7H14O2/c1-2-3-4-6-7(5-8)9-6/h6-8H,2-5H2,1H3/t6?,7-/m0/s1. The van der Waals surface area contributed by atoms with E-state index in [1.807, 2.05) is 0 Å². The van der Waals surface area contributed by atoms with Gasteiger partial charge in [0, 0.05) is 0 Å². The molecule has 9 heavy (non-hydrogen) atoms. The number of rotatable bonds is 4. The molecular weight excluding hydrogens is 116 g/mol. The van der Waals surface area contributed by atoms with Crippen molar-refractivity contribution in [1.29, 1.82) is 0 Å². The maximum Gasteiger partial charge on any atom is 0.107 e. The quantitative estimate of drug-likeness (QED) is 0.574. The van der Waals surface area contributed by atoms with Crippen LogP contribution in [0.25, 0.3) is 0 Å². The van der Waals surface area contributed by atoms with Crippen LogP contribution in [0.5, 0.6) is 0 Å². The molecule has 1 aliphatic rings. The van der Waals surface area contributed by atoms with Crippen LogP contribution in [0.2, 0.25) is 0 Å². The molecule has 0 bridgehead atoms. The third-order valence-electron chi connectivity index (χ3n) is 1.71. The van der Waals surface area contributed by atoms with Crippen LogP contribution < -0.4 is 0 Å². The van der Waals surface area contributed by atoms with E-state index in [-0.39, 0.29) is 12.7 Å². The second-order valence-corrected chi connectivity index (χ2v) is 2.54. The van der Waals surface area contributed by atoms with Crippen molar-refractivity contribution in [3.63, 3.8) is 0 Å². The minimum atomic E-state index is 0.177. The summed E-state index contributed by atoms with van der Waals surface area (Å²) < 4.78 is 5.12. The van der Waals surface area contributed by atoms with Crippen LogP contribution in [0.3, 0.4) is 0 Å². The molecule has 0 aromatic rings. The van der Waals surface area contributed by atoms with Crippen molar-refractivity contribution in [1.82, 2.24) is 0 Å². The average molecular weight is 130 g/mol. The topological polar surface area (TPSA) is 32.8 Å². The van der Waals surface area contributed by atoms with Gasteiger partial charge in [-0.2, -0.15) is 0 Å². The lowest BCUT2D eigenvalue weighted by molar-refractivity contribution is 0.241. The van der Waals surface area contributed by atoms with Gasteiger partial charge in [0.15, 0.2) is 0 Å². The summed E-state index contributed by atoms with van der Waals surface area (Å²) in [4.78, 5) is 0. The normalized spacial score (nSPS) is 32.7. The molecule has 1 fully saturated rings. The first-order chi connectivity index (χ1) is 4.38. The summed E-state index contributed by atoms with van der Waals surface area (Å²) in [5.41, 5.74) is 0. The molecule has 1 saturated heterocycles. The van der Waals surface area contributed by atoms with E-state index in [0.717, 1.165) is 6.42 Å². The molecule has 0 radical (unpaired) electrons. The van der Waals surface area contributed by atoms with Gasteiger partial charge in [0.2, 0.25) is 0 Å². The summed E-state index contributed by atoms with van der Waals surface area (Å²) in [6.45, 7) is 2.37. The van der Waals surface area contributed by atoms with E-state index in [2.05, 4.69) is 6.92 Å². The lowest BCUT2D eigenvalue weighted by atomic mass is 10.2. The van der Waals surface area contributed by atoms with Gasteiger partial charge in [-0.15, -0.1) is 0 Å². The summed E-state index contributed by atoms with van der Waals surface area (Å²) in [6, 6.07) is 0. The van der Waals surface area contributed by atoms with Gasteiger partial charge in [-0.25, -0.2) is 0 Å². The van der Waals surface area contributed by atoms with E-state index >= 15 is 0 Å². The molecule has 1 aliphatic heterocycles. The Bertz CT molecular complexity index is 83.0. The zero-order valence-electron chi connectivity index (χ0n) is 5.84. The second-order valence-electron chi connectivity index (χ2n) is 2.54. The minimum Gasteiger partial charge on any atom is -0.394 e. The Labute approximate surface area is 55.8 Å². The summed E-state index contributed by atoms with van der Waals surface area (Å²) in [5, 5.41) is 8.55. The van der Waals surface area contributed by atoms with Crippen LogP contribution >= 0.6 is 0 Å². The van der Waals surface area contributed by atoms with Crippen molar-refractivity contribution >= 4 is 0 Å². The highest BCUT2D eigenvalue weighted by atomic mass is 16.6. The van der Waals surface area contributed by atoms with Gasteiger partial charge in [0.05, 0.1) is 12.7 Å². The van der Waals surface area contributed by atoms with Crippen molar-refractivity contribution in [3.8, 4) is 0 Å². The van der Waals surface area contributed by atoms with Crippen molar-refractivity contribution in [2.24, 2.45) is 0 Å². The predicted octanol–water partition coefficient (Wildman–Crippen LogP) is 0.936. The molecule has 1 rings (SSSR count). The number of epoxide rings is 1. The molecule has 0 aromatic carbocycles. The van der Waals surface area contributed by atoms with Crippen molar-refractivity contribution in [2.45, 2.75) is 38.4 Å². The largest absolute Gasteiger partial charge is 0.394 e. The molecule has 0 spiro atoms. The van der Waals surface area contributed by atoms with Gasteiger partial charge < -0.3 is 9.84 Å². The number of hydrogen-bond acceptors (Lipinski definition) is 2. The molecule has 0 aliphatic carbocycles. The Hall–Kier alpha value is -0.0800. The zero-order valence-corrected chi connectivity index (χ0v) is 5.84. The van der Waals surface area contributed by atoms with Crippen LogP contribution in [0, 0.1) is 0 Å². The Morgan fingerprint density at radius 2 is 2.22 bits per heavy atom. The lowest BCUT2D eigenvalue weighted by Gasteiger charge is -1.88. The molecule has 2 heteroatoms. The van der Waals surface area contributed by atoms with E-state index < -0.39 is 0 Å². The Morgan fingerprint density at radius 3 is 2.67 bits per heavy atom. The summed E-state index contributed by atoms with van der Waals surface area (Å²) >= 11 is 0. The number of unbranched alkanes of at least 4 members (excludes halogenated alkanes) is 1. The maximum atomic E-state index is 8.55. The first-order valence-electron chi connectivity index (χ1n) is 3.64. The maximum absolute atomic E-state index is 8.55. The van der Waals surface area contributed by atoms with E-state index in [1.54, 1.807) is 0 Å². The summed E-state index contributed by atoms with van der Waals surface area (Å²) in [7, 11) is 0. The summed E-state index contributed by atoms with van der Waals surface area (Å²) in [6.07, 6.45) is 4.13. The highest BCUT2D eigenvalue weighted by Gasteiger charge is 2.36. The molecule has 1 heterocycles. The molecule has 1 unspecified atom stereocenters. The molecule has 2 atom stereocenters. The molecule has 1 N–H and O–H groups in total. The number of ether oxygens (including phenoxy) is 1. The van der Waals surface area contributed by atoms with E-state index in [1.165, 1.54) is 12.8 Å². The highest BCUT2D eigenvalue weighted by molar-refractivity contribution is 4.83. The van der Waals surface area contributed by atoms with Crippen molar-refractivity contribution in [3.05, 3.63) is 0 Å². The van der Waals surface area contributed by atoms with Crippen LogP contribution in [0.4, 0.5) is 0 Å². The third-order valence-corrected chi connectivity index (χ3v) is 1.71. The van der Waals surface area contributed by atoms with Crippen LogP contribution in [0.15, 0.2) is 0 Å². The third kappa shape index (κ3) is 1.95. The van der Waals surface area contributed by atoms with E-state index in [0.29, 0.717) is 6.10 Å². The zero-order chi connectivity index (χ0) is 6.69. The summed E-state index contributed by atoms with van der Waals surface area (Å²) in [5.74, 6) is 0. The first-order valence-corrected chi connectivity index (χ1v) is 3.64. The number of hydrogen-bond donors (Lipinski definition) is 1. The fourth-order valence-corrected chi connectivity index (χ4v) is 0.999. The van der Waals surface area contributed by atoms with Gasteiger partial charge in [-0.05, 0) is 6.42 Å². The SMILES string of the molecule is CCCCC1O[C@H]1CO.